The molecule has 2 aromatic rings. The predicted octanol–water partition coefficient (Wildman–Crippen LogP) is 7.28. The van der Waals surface area contributed by atoms with E-state index >= 15 is 0 Å². The lowest BCUT2D eigenvalue weighted by atomic mass is 10.1. The summed E-state index contributed by atoms with van der Waals surface area (Å²) in [5, 5.41) is 0. The summed E-state index contributed by atoms with van der Waals surface area (Å²) >= 11 is 0. The van der Waals surface area contributed by atoms with Crippen molar-refractivity contribution in [3.8, 4) is 0 Å². The first kappa shape index (κ1) is 23.7. The lowest BCUT2D eigenvalue weighted by molar-refractivity contribution is -0.703. The smallest absolute Gasteiger partial charge is 0.234 e. The average Bonchev–Trinajstić information content (AvgIpc) is 3.12. The van der Waals surface area contributed by atoms with Crippen LogP contribution < -0.4 is 4.57 Å². The number of benzene rings is 1. The fraction of sp³-hybridized carbons (Fsp3) is 0.667. The second-order valence-corrected chi connectivity index (χ2v) is 8.62. The highest BCUT2D eigenvalue weighted by Crippen LogP contribution is 2.12. The van der Waals surface area contributed by atoms with Crippen molar-refractivity contribution in [2.75, 3.05) is 0 Å². The van der Waals surface area contributed by atoms with Crippen LogP contribution >= 0.6 is 0 Å². The molecule has 2 nitrogen and oxygen atoms in total. The zero-order chi connectivity index (χ0) is 20.6. The zero-order valence-corrected chi connectivity index (χ0v) is 19.2. The molecule has 0 aliphatic carbocycles. The molecule has 0 unspecified atom stereocenters. The van der Waals surface area contributed by atoms with Crippen LogP contribution in [-0.4, -0.2) is 4.57 Å². The Bertz CT molecular complexity index is 629. The molecule has 2 heteroatoms. The van der Waals surface area contributed by atoms with E-state index < -0.39 is 0 Å². The van der Waals surface area contributed by atoms with Crippen molar-refractivity contribution >= 4 is 0 Å². The van der Waals surface area contributed by atoms with Crippen LogP contribution in [0.15, 0.2) is 42.7 Å². The van der Waals surface area contributed by atoms with E-state index in [-0.39, 0.29) is 0 Å². The van der Waals surface area contributed by atoms with Gasteiger partial charge in [0.05, 0.1) is 13.1 Å². The van der Waals surface area contributed by atoms with E-state index in [1.807, 2.05) is 0 Å². The summed E-state index contributed by atoms with van der Waals surface area (Å²) in [4.78, 5) is 0. The highest BCUT2D eigenvalue weighted by atomic mass is 15.1. The van der Waals surface area contributed by atoms with Gasteiger partial charge in [-0.2, -0.15) is 0 Å². The molecule has 2 rings (SSSR count). The Morgan fingerprint density at radius 3 is 2.00 bits per heavy atom. The highest BCUT2D eigenvalue weighted by molar-refractivity contribution is 5.14. The maximum Gasteiger partial charge on any atom is 0.256 e. The standard InChI is InChI=1S/C27H45N2/c1-3-5-6-7-8-9-10-11-12-16-21-27-28(22-4-2)24-25-29(27)23-17-20-26-18-14-13-15-19-26/h13-15,18-19,24-25H,3-12,16-17,20-23H2,1-2H3/q+1. The number of aryl methyl sites for hydroxylation is 3. The molecule has 0 aliphatic heterocycles. The number of rotatable bonds is 17. The van der Waals surface area contributed by atoms with Gasteiger partial charge in [-0.05, 0) is 31.2 Å². The Labute approximate surface area is 180 Å². The van der Waals surface area contributed by atoms with Gasteiger partial charge < -0.3 is 0 Å². The maximum atomic E-state index is 2.52. The molecule has 0 radical (unpaired) electrons. The van der Waals surface area contributed by atoms with Crippen LogP contribution in [0.4, 0.5) is 0 Å². The van der Waals surface area contributed by atoms with Crippen molar-refractivity contribution in [1.29, 1.82) is 0 Å². The first-order chi connectivity index (χ1) is 14.3. The minimum atomic E-state index is 1.14. The Hall–Kier alpha value is -1.57. The van der Waals surface area contributed by atoms with Crippen molar-refractivity contribution in [2.45, 2.75) is 117 Å². The molecule has 162 valence electrons. The Morgan fingerprint density at radius 1 is 0.690 bits per heavy atom. The van der Waals surface area contributed by atoms with E-state index in [0.717, 1.165) is 13.1 Å². The van der Waals surface area contributed by atoms with E-state index in [9.17, 15) is 0 Å². The summed E-state index contributed by atoms with van der Waals surface area (Å²) in [6.07, 6.45) is 23.6. The molecule has 0 spiro atoms. The van der Waals surface area contributed by atoms with Gasteiger partial charge in [0.1, 0.15) is 12.4 Å². The lowest BCUT2D eigenvalue weighted by Gasteiger charge is -2.06. The molecular weight excluding hydrogens is 352 g/mol. The maximum absolute atomic E-state index is 2.52. The van der Waals surface area contributed by atoms with Crippen LogP contribution in [0, 0.1) is 0 Å². The molecule has 0 N–H and O–H groups in total. The fourth-order valence-electron chi connectivity index (χ4n) is 4.30. The van der Waals surface area contributed by atoms with Crippen LogP contribution in [0.5, 0.6) is 0 Å². The van der Waals surface area contributed by atoms with E-state index in [2.05, 4.69) is 65.7 Å². The lowest BCUT2D eigenvalue weighted by Crippen LogP contribution is -2.37. The molecule has 0 atom stereocenters. The molecule has 29 heavy (non-hydrogen) atoms. The SMILES string of the molecule is CCCCCCCCCCCCc1n(CCCc2ccccc2)cc[n+]1CCC. The molecule has 0 aliphatic rings. The van der Waals surface area contributed by atoms with E-state index in [1.54, 1.807) is 5.82 Å². The third-order valence-corrected chi connectivity index (χ3v) is 6.02. The quantitative estimate of drug-likeness (QED) is 0.196. The van der Waals surface area contributed by atoms with Crippen LogP contribution in [0.25, 0.3) is 0 Å². The number of unbranched alkanes of at least 4 members (excludes halogenated alkanes) is 9. The van der Waals surface area contributed by atoms with Gasteiger partial charge in [-0.15, -0.1) is 0 Å². The van der Waals surface area contributed by atoms with Gasteiger partial charge in [0.2, 0.25) is 0 Å². The Morgan fingerprint density at radius 2 is 1.34 bits per heavy atom. The van der Waals surface area contributed by atoms with Gasteiger partial charge in [0.15, 0.2) is 0 Å². The number of hydrogen-bond acceptors (Lipinski definition) is 0. The minimum Gasteiger partial charge on any atom is -0.234 e. The van der Waals surface area contributed by atoms with Crippen LogP contribution in [0.3, 0.4) is 0 Å². The summed E-state index contributed by atoms with van der Waals surface area (Å²) in [5.41, 5.74) is 1.46. The fourth-order valence-corrected chi connectivity index (χ4v) is 4.30. The zero-order valence-electron chi connectivity index (χ0n) is 19.2. The Kier molecular flexibility index (Phi) is 12.5. The van der Waals surface area contributed by atoms with Crippen LogP contribution in [0.2, 0.25) is 0 Å². The van der Waals surface area contributed by atoms with E-state index in [1.165, 1.54) is 95.5 Å². The number of hydrogen-bond donors (Lipinski definition) is 0. The molecule has 0 saturated heterocycles. The average molecular weight is 398 g/mol. The molecule has 1 aromatic heterocycles. The van der Waals surface area contributed by atoms with E-state index in [0.29, 0.717) is 0 Å². The van der Waals surface area contributed by atoms with Gasteiger partial charge in [-0.25, -0.2) is 9.13 Å². The summed E-state index contributed by atoms with van der Waals surface area (Å²) in [6, 6.07) is 10.9. The molecule has 0 saturated carbocycles. The van der Waals surface area contributed by atoms with Crippen LogP contribution in [-0.2, 0) is 25.9 Å². The van der Waals surface area contributed by atoms with Gasteiger partial charge in [-0.3, -0.25) is 0 Å². The number of imidazole rings is 1. The summed E-state index contributed by atoms with van der Waals surface area (Å²) in [6.45, 7) is 6.87. The van der Waals surface area contributed by atoms with Crippen molar-refractivity contribution in [1.82, 2.24) is 4.57 Å². The van der Waals surface area contributed by atoms with Gasteiger partial charge >= 0.3 is 0 Å². The summed E-state index contributed by atoms with van der Waals surface area (Å²) < 4.78 is 5.02. The molecule has 0 fully saturated rings. The number of aromatic nitrogens is 2. The molecule has 0 bridgehead atoms. The molecule has 1 heterocycles. The van der Waals surface area contributed by atoms with Gasteiger partial charge in [-0.1, -0.05) is 102 Å². The third-order valence-electron chi connectivity index (χ3n) is 6.02. The second-order valence-electron chi connectivity index (χ2n) is 8.62. The van der Waals surface area contributed by atoms with E-state index in [4.69, 9.17) is 0 Å². The monoisotopic (exact) mass is 397 g/mol. The van der Waals surface area contributed by atoms with Crippen molar-refractivity contribution < 1.29 is 4.57 Å². The topological polar surface area (TPSA) is 8.81 Å². The van der Waals surface area contributed by atoms with Crippen molar-refractivity contribution in [2.24, 2.45) is 0 Å². The number of nitrogens with zero attached hydrogens (tertiary/aromatic N) is 2. The highest BCUT2D eigenvalue weighted by Gasteiger charge is 2.15. The third kappa shape index (κ3) is 9.65. The summed E-state index contributed by atoms with van der Waals surface area (Å²) in [5.74, 6) is 1.54. The van der Waals surface area contributed by atoms with Gasteiger partial charge in [0, 0.05) is 6.42 Å². The minimum absolute atomic E-state index is 1.14. The first-order valence-electron chi connectivity index (χ1n) is 12.5. The Balaban J connectivity index is 1.68. The second kappa shape index (κ2) is 15.3. The van der Waals surface area contributed by atoms with Crippen LogP contribution in [0.1, 0.15) is 102 Å². The largest absolute Gasteiger partial charge is 0.256 e. The summed E-state index contributed by atoms with van der Waals surface area (Å²) in [7, 11) is 0. The van der Waals surface area contributed by atoms with Crippen molar-refractivity contribution in [3.63, 3.8) is 0 Å². The first-order valence-corrected chi connectivity index (χ1v) is 12.5. The predicted molar refractivity (Wildman–Crippen MR) is 125 cm³/mol. The molecular formula is C27H45N2+. The molecule has 1 aromatic carbocycles. The van der Waals surface area contributed by atoms with Gasteiger partial charge in [0.25, 0.3) is 5.82 Å². The normalized spacial score (nSPS) is 11.2. The molecule has 0 amide bonds. The van der Waals surface area contributed by atoms with Crippen molar-refractivity contribution in [3.05, 3.63) is 54.1 Å².